The maximum absolute atomic E-state index is 12.3. The van der Waals surface area contributed by atoms with Gasteiger partial charge in [-0.05, 0) is 0 Å². The normalized spacial score (nSPS) is 41.7. The molecule has 35 N–H and O–H groups in total. The molecule has 21 fully saturated rings. The second-order valence-electron chi connectivity index (χ2n) is 28.7. The van der Waals surface area contributed by atoms with Crippen molar-refractivity contribution in [2.24, 2.45) is 40.1 Å². The molecule has 21 rings (SSSR count). The Morgan fingerprint density at radius 1 is 0.193 bits per heavy atom. The molecular weight excluding hydrogens is 1750 g/mol. The monoisotopic (exact) mass is 1860 g/mol. The first-order chi connectivity index (χ1) is 56.0. The number of aliphatic hydroxyl groups excluding tert-OH is 14. The fraction of sp³-hybridized carbons (Fsp3) is 0.889. The van der Waals surface area contributed by atoms with Crippen LogP contribution in [-0.4, -0.2) is 487 Å². The predicted molar refractivity (Wildman–Crippen MR) is 409 cm³/mol. The minimum absolute atomic E-state index is 0.406. The highest BCUT2D eigenvalue weighted by Crippen LogP contribution is 2.42. The Morgan fingerprint density at radius 3 is 0.387 bits per heavy atom. The average molecular weight is 1860 g/mol. The number of carboxylic acid groups (broad SMARTS) is 7. The summed E-state index contributed by atoms with van der Waals surface area (Å²) in [6, 6.07) is -11.0. The smallest absolute Gasteiger partial charge is 0.321 e. The lowest BCUT2D eigenvalue weighted by atomic mass is 9.95. The van der Waals surface area contributed by atoms with Gasteiger partial charge in [0, 0.05) is 80.5 Å². The number of thioether (sulfide) groups is 7. The summed E-state index contributed by atoms with van der Waals surface area (Å²) in [5.74, 6) is -16.7. The molecule has 42 atom stereocenters. The highest BCUT2D eigenvalue weighted by molar-refractivity contribution is 8.00. The van der Waals surface area contributed by atoms with Gasteiger partial charge in [0.1, 0.15) is 170 Å². The van der Waals surface area contributed by atoms with Crippen molar-refractivity contribution < 1.29 is 207 Å². The maximum atomic E-state index is 12.3. The Morgan fingerprint density at radius 2 is 0.294 bits per heavy atom. The molecule has 21 aliphatic rings. The van der Waals surface area contributed by atoms with Gasteiger partial charge in [0.2, 0.25) is 0 Å². The molecule has 0 saturated carbocycles. The Kier molecular flexibility index (Phi) is 40.1. The highest BCUT2D eigenvalue weighted by atomic mass is 32.2. The van der Waals surface area contributed by atoms with Crippen molar-refractivity contribution in [1.82, 2.24) is 0 Å². The van der Waals surface area contributed by atoms with Crippen LogP contribution in [0.15, 0.2) is 0 Å². The van der Waals surface area contributed by atoms with Crippen LogP contribution in [0.4, 0.5) is 0 Å². The summed E-state index contributed by atoms with van der Waals surface area (Å²) in [5.41, 5.74) is 40.9. The topological polar surface area (TPSA) is 856 Å². The van der Waals surface area contributed by atoms with E-state index in [1.165, 1.54) is 0 Å². The standard InChI is InChI=1S/C63H105N7O42S7/c64-15(50(85)86)1-113-8-22-43-29(71)36(78)57(99-22)107-44-23(9-114-2-16(65)51(87)88)101-59(38(80)31(44)73)109-46-25(11-116-4-18(67)53(91)92)103-61(40(82)33(46)75)111-48-27(13-118-6-20(69)55(95)96)105-63(42(84)35(48)77)112-49-28(14-119-7-21(70)56(97)98)104-62(41(83)34(49)76)110-47-26(12-117-5-19(68)54(93)94)102-60(39(81)32(47)74)108-45-24(10-115-3-17(66)52(89)90)100-58(106-43)37(79)30(45)72/h15-49,57-63,71-84H,1-14,64-70H2,(H,85,86)(H,87,88)(H,89,90)(H,91,92)(H,93,94)(H,95,96)(H,97,98)/t15-,16-,17-,18-,19-,20-,21-,22+,23+,24+,25+,26+,27+,28+,29+,30+,31+,32+,33+,34+,35+,36+,37+,38+,39+,40+,41+,42+,43+,44+,45+,46+,47+,48+,49+,57+,58+,59+,60+,61+,62+,63+/m0/s1. The van der Waals surface area contributed by atoms with Crippen molar-refractivity contribution in [3.05, 3.63) is 0 Å². The van der Waals surface area contributed by atoms with E-state index in [0.717, 1.165) is 82.3 Å². The quantitative estimate of drug-likeness (QED) is 0.0280. The maximum Gasteiger partial charge on any atom is 0.321 e. The lowest BCUT2D eigenvalue weighted by Crippen LogP contribution is -2.68. The van der Waals surface area contributed by atoms with Crippen LogP contribution in [0.1, 0.15) is 0 Å². The number of rotatable bonds is 35. The Hall–Kier alpha value is -2.66. The van der Waals surface area contributed by atoms with Gasteiger partial charge in [0.05, 0.1) is 42.7 Å². The van der Waals surface area contributed by atoms with Crippen LogP contribution in [0.5, 0.6) is 0 Å². The van der Waals surface area contributed by atoms with Crippen molar-refractivity contribution in [2.75, 3.05) is 80.5 Å². The first-order valence-electron chi connectivity index (χ1n) is 36.7. The van der Waals surface area contributed by atoms with Gasteiger partial charge in [-0.2, -0.15) is 82.3 Å². The van der Waals surface area contributed by atoms with Gasteiger partial charge < -0.3 is 214 Å². The fourth-order valence-corrected chi connectivity index (χ4v) is 20.2. The third-order valence-corrected chi connectivity index (χ3v) is 27.9. The van der Waals surface area contributed by atoms with Crippen molar-refractivity contribution in [3.8, 4) is 0 Å². The molecule has 0 amide bonds. The molecule has 0 aromatic rings. The van der Waals surface area contributed by atoms with Gasteiger partial charge in [-0.15, -0.1) is 0 Å². The third kappa shape index (κ3) is 26.8. The summed E-state index contributed by atoms with van der Waals surface area (Å²) >= 11 is 5.22. The second-order valence-corrected chi connectivity index (χ2v) is 36.3. The molecule has 0 spiro atoms. The lowest BCUT2D eigenvalue weighted by molar-refractivity contribution is -0.389. The van der Waals surface area contributed by atoms with E-state index >= 15 is 0 Å². The second kappa shape index (κ2) is 46.9. The SMILES string of the molecule is N[C@@H](CSC[C@H]1O[C@@H]2O[C@H]3[C@H](O)[C@@H](O)[C@@H](O[C@H]4[C@H](O)[C@@H](O)[C@@H](O[C@H]5[C@H](O)[C@@H](O)[C@@H](O[C@H]6[C@H](O)[C@@H](O)[C@@H](O[C@H]7[C@H](O)[C@@H](O)[C@@H](O[C@H]8[C@H](O)[C@@H](O)[C@@H](O[C@H]1[C@H](O)[C@H]2O)O[C@@H]8CSC[C@H](N)C(=O)O)O[C@@H]7CSC[C@H](N)C(=O)O)O[C@@H]6CSC[C@H](N)C(=O)O)O[C@@H]5CSC[C@H](N)C(=O)O)O[C@@H]4CSC[C@H](N)C(=O)O)O[C@@H]3CSC[C@H](N)C(=O)O)C(=O)O. The molecule has 21 heterocycles. The van der Waals surface area contributed by atoms with Crippen molar-refractivity contribution >= 4 is 124 Å². The number of carbonyl (C=O) groups is 7. The van der Waals surface area contributed by atoms with E-state index < -0.39 is 380 Å². The molecule has 49 nitrogen and oxygen atoms in total. The van der Waals surface area contributed by atoms with Crippen molar-refractivity contribution in [1.29, 1.82) is 0 Å². The molecule has 119 heavy (non-hydrogen) atoms. The van der Waals surface area contributed by atoms with E-state index in [9.17, 15) is 141 Å². The van der Waals surface area contributed by atoms with Gasteiger partial charge in [0.25, 0.3) is 0 Å². The van der Waals surface area contributed by atoms with Crippen LogP contribution in [0.3, 0.4) is 0 Å². The largest absolute Gasteiger partial charge is 0.480 e. The summed E-state index contributed by atoms with van der Waals surface area (Å²) in [5, 5.41) is 239. The van der Waals surface area contributed by atoms with E-state index in [-0.39, 0.29) is 0 Å². The van der Waals surface area contributed by atoms with Crippen molar-refractivity contribution in [3.63, 3.8) is 0 Å². The number of carboxylic acids is 7. The summed E-state index contributed by atoms with van der Waals surface area (Å²) in [6.45, 7) is 0. The molecule has 21 aliphatic heterocycles. The summed E-state index contributed by atoms with van der Waals surface area (Å²) in [4.78, 5) is 83.7. The fourth-order valence-electron chi connectivity index (χ4n) is 13.0. The number of aliphatic hydroxyl groups is 14. The molecule has 21 saturated heterocycles. The minimum atomic E-state index is -2.38. The molecular formula is C63H105N7O42S7. The van der Waals surface area contributed by atoms with E-state index in [0.29, 0.717) is 0 Å². The van der Waals surface area contributed by atoms with Gasteiger partial charge in [-0.3, -0.25) is 33.6 Å². The molecule has 56 heteroatoms. The average Bonchev–Trinajstić information content (AvgIpc) is 0.813. The summed E-state index contributed by atoms with van der Waals surface area (Å²) in [7, 11) is 0. The van der Waals surface area contributed by atoms with Crippen LogP contribution in [0, 0.1) is 0 Å². The van der Waals surface area contributed by atoms with Crippen LogP contribution < -0.4 is 40.1 Å². The highest BCUT2D eigenvalue weighted by Gasteiger charge is 2.60. The van der Waals surface area contributed by atoms with Crippen LogP contribution in [0.25, 0.3) is 0 Å². The zero-order chi connectivity index (χ0) is 88.0. The first-order valence-corrected chi connectivity index (χ1v) is 44.7. The predicted octanol–water partition coefficient (Wildman–Crippen LogP) is -14.2. The zero-order valence-electron chi connectivity index (χ0n) is 62.5. The Bertz CT molecular complexity index is 2690. The molecule has 0 aromatic heterocycles. The Balaban J connectivity index is 1.24. The van der Waals surface area contributed by atoms with E-state index in [1.807, 2.05) is 0 Å². The first kappa shape index (κ1) is 102. The summed E-state index contributed by atoms with van der Waals surface area (Å²) in [6.07, 6.45) is -74.3. The van der Waals surface area contributed by atoms with Crippen LogP contribution >= 0.6 is 82.3 Å². The van der Waals surface area contributed by atoms with Gasteiger partial charge >= 0.3 is 41.8 Å². The molecule has 0 aliphatic carbocycles. The summed E-state index contributed by atoms with van der Waals surface area (Å²) < 4.78 is 87.1. The molecule has 14 bridgehead atoms. The van der Waals surface area contributed by atoms with E-state index in [1.54, 1.807) is 0 Å². The number of aliphatic carboxylic acids is 7. The van der Waals surface area contributed by atoms with Gasteiger partial charge in [-0.1, -0.05) is 0 Å². The number of ether oxygens (including phenoxy) is 14. The van der Waals surface area contributed by atoms with E-state index in [2.05, 4.69) is 0 Å². The Labute approximate surface area is 705 Å². The number of hydrogen-bond acceptors (Lipinski definition) is 49. The third-order valence-electron chi connectivity index (χ3n) is 19.8. The minimum Gasteiger partial charge on any atom is -0.480 e. The molecule has 686 valence electrons. The van der Waals surface area contributed by atoms with Crippen LogP contribution in [0.2, 0.25) is 0 Å². The van der Waals surface area contributed by atoms with Gasteiger partial charge in [0.15, 0.2) is 44.0 Å². The van der Waals surface area contributed by atoms with Gasteiger partial charge in [-0.25, -0.2) is 0 Å². The lowest BCUT2D eigenvalue weighted by Gasteiger charge is -2.50. The zero-order valence-corrected chi connectivity index (χ0v) is 68.2. The van der Waals surface area contributed by atoms with Crippen molar-refractivity contribution in [2.45, 2.75) is 257 Å². The molecule has 0 radical (unpaired) electrons. The van der Waals surface area contributed by atoms with Crippen LogP contribution in [-0.2, 0) is 99.9 Å². The molecule has 0 unspecified atom stereocenters. The number of hydrogen-bond donors (Lipinski definition) is 28. The van der Waals surface area contributed by atoms with E-state index in [4.69, 9.17) is 106 Å². The number of nitrogens with two attached hydrogens (primary N) is 7. The molecule has 0 aromatic carbocycles.